The Morgan fingerprint density at radius 2 is 1.28 bits per heavy atom. The van der Waals surface area contributed by atoms with E-state index in [0.717, 1.165) is 20.3 Å². The zero-order valence-corrected chi connectivity index (χ0v) is 32.7. The van der Waals surface area contributed by atoms with Gasteiger partial charge in [-0.2, -0.15) is 0 Å². The number of hydrogen-bond acceptors (Lipinski definition) is 15. The molecule has 6 heterocycles. The van der Waals surface area contributed by atoms with Crippen LogP contribution in [0, 0.1) is 0 Å². The van der Waals surface area contributed by atoms with E-state index in [0.29, 0.717) is 0 Å². The van der Waals surface area contributed by atoms with Gasteiger partial charge in [-0.3, -0.25) is 32.3 Å². The minimum Gasteiger partial charge on any atom is -0.374 e. The molecule has 2 aromatic heterocycles. The first-order valence-electron chi connectivity index (χ1n) is 18.6. The van der Waals surface area contributed by atoms with Crippen molar-refractivity contribution < 1.29 is 51.3 Å². The van der Waals surface area contributed by atoms with Crippen LogP contribution in [0.25, 0.3) is 0 Å². The minimum absolute atomic E-state index is 0.176. The molecule has 0 spiro atoms. The van der Waals surface area contributed by atoms with Crippen molar-refractivity contribution in [3.8, 4) is 0 Å². The first kappa shape index (κ1) is 40.4. The third-order valence-electron chi connectivity index (χ3n) is 10.1. The van der Waals surface area contributed by atoms with Crippen LogP contribution in [0.15, 0.2) is 104 Å². The van der Waals surface area contributed by atoms with Gasteiger partial charge in [0, 0.05) is 31.6 Å². The molecule has 0 saturated carbocycles. The number of fused-ring (bicyclic) bond motifs is 2. The fourth-order valence-corrected chi connectivity index (χ4v) is 8.79. The summed E-state index contributed by atoms with van der Waals surface area (Å²) in [7, 11) is -2.95. The molecule has 0 unspecified atom stereocenters. The van der Waals surface area contributed by atoms with Crippen molar-refractivity contribution in [3.05, 3.63) is 138 Å². The van der Waals surface area contributed by atoms with Gasteiger partial charge in [-0.25, -0.2) is 23.3 Å². The highest BCUT2D eigenvalue weighted by Crippen LogP contribution is 2.57. The van der Waals surface area contributed by atoms with Gasteiger partial charge in [0.25, 0.3) is 11.1 Å². The second-order valence-electron chi connectivity index (χ2n) is 14.5. The normalized spacial score (nSPS) is 30.0. The van der Waals surface area contributed by atoms with Crippen LogP contribution in [-0.2, 0) is 78.0 Å². The number of methoxy groups -OCH3 is 1. The zero-order valence-electron chi connectivity index (χ0n) is 31.8. The van der Waals surface area contributed by atoms with Gasteiger partial charge in [0.15, 0.2) is 18.2 Å². The molecule has 58 heavy (non-hydrogen) atoms. The molecule has 0 amide bonds. The molecule has 2 aromatic carbocycles. The van der Waals surface area contributed by atoms with E-state index in [1.807, 2.05) is 60.7 Å². The predicted molar refractivity (Wildman–Crippen MR) is 199 cm³/mol. The Morgan fingerprint density at radius 3 is 1.84 bits per heavy atom. The molecule has 4 aliphatic rings. The summed E-state index contributed by atoms with van der Waals surface area (Å²) in [5.41, 5.74) is -0.826. The summed E-state index contributed by atoms with van der Waals surface area (Å²) < 4.78 is 77.3. The molecule has 4 aliphatic heterocycles. The Labute approximate surface area is 330 Å². The maximum Gasteiger partial charge on any atom is 0.475 e. The molecule has 0 N–H and O–H groups in total. The van der Waals surface area contributed by atoms with Gasteiger partial charge in [0.1, 0.15) is 50.1 Å². The van der Waals surface area contributed by atoms with E-state index in [4.69, 9.17) is 46.7 Å². The van der Waals surface area contributed by atoms with E-state index < -0.39 is 85.2 Å². The van der Waals surface area contributed by atoms with Gasteiger partial charge in [0.05, 0.1) is 26.4 Å². The second kappa shape index (κ2) is 16.7. The van der Waals surface area contributed by atoms with E-state index in [9.17, 15) is 23.7 Å². The quantitative estimate of drug-likeness (QED) is 0.168. The van der Waals surface area contributed by atoms with Crippen molar-refractivity contribution in [1.29, 1.82) is 0 Å². The number of aromatic nitrogens is 4. The van der Waals surface area contributed by atoms with Gasteiger partial charge < -0.3 is 33.2 Å². The Morgan fingerprint density at radius 1 is 0.724 bits per heavy atom. The van der Waals surface area contributed by atoms with Gasteiger partial charge >= 0.3 is 19.2 Å². The summed E-state index contributed by atoms with van der Waals surface area (Å²) in [4.78, 5) is 52.7. The summed E-state index contributed by atoms with van der Waals surface area (Å²) in [6.45, 7) is 2.51. The number of rotatable bonds is 14. The number of benzene rings is 2. The van der Waals surface area contributed by atoms with Crippen LogP contribution in [0.5, 0.6) is 0 Å². The number of hydrogen-bond donors (Lipinski definition) is 0. The van der Waals surface area contributed by atoms with Crippen LogP contribution < -0.4 is 22.5 Å². The first-order chi connectivity index (χ1) is 27.9. The topological polar surface area (TPSA) is 197 Å². The molecular formula is C38H43N4O15P. The average molecular weight is 827 g/mol. The summed E-state index contributed by atoms with van der Waals surface area (Å²) in [6, 6.07) is 21.0. The highest BCUT2D eigenvalue weighted by Gasteiger charge is 2.58. The van der Waals surface area contributed by atoms with Crippen LogP contribution in [0.2, 0.25) is 0 Å². The Balaban J connectivity index is 0.943. The van der Waals surface area contributed by atoms with E-state index in [-0.39, 0.29) is 39.9 Å². The molecule has 0 bridgehead atoms. The molecule has 310 valence electrons. The first-order valence-corrected chi connectivity index (χ1v) is 20.0. The molecular weight excluding hydrogens is 783 g/mol. The van der Waals surface area contributed by atoms with Crippen molar-refractivity contribution in [2.45, 2.75) is 95.4 Å². The lowest BCUT2D eigenvalue weighted by molar-refractivity contribution is -0.200. The zero-order chi connectivity index (χ0) is 40.6. The van der Waals surface area contributed by atoms with E-state index in [2.05, 4.69) is 0 Å². The molecule has 0 radical (unpaired) electrons. The Bertz CT molecular complexity index is 2370. The van der Waals surface area contributed by atoms with E-state index in [1.165, 1.54) is 40.8 Å². The van der Waals surface area contributed by atoms with Gasteiger partial charge in [-0.15, -0.1) is 0 Å². The van der Waals surface area contributed by atoms with Crippen LogP contribution in [0.4, 0.5) is 0 Å². The third kappa shape index (κ3) is 8.25. The van der Waals surface area contributed by atoms with Crippen molar-refractivity contribution in [3.63, 3.8) is 0 Å². The maximum absolute atomic E-state index is 14.0. The monoisotopic (exact) mass is 826 g/mol. The number of phosphoric ester groups is 1. The van der Waals surface area contributed by atoms with Crippen molar-refractivity contribution >= 4 is 7.82 Å². The second-order valence-corrected chi connectivity index (χ2v) is 16.1. The highest BCUT2D eigenvalue weighted by molar-refractivity contribution is 7.48. The van der Waals surface area contributed by atoms with Crippen molar-refractivity contribution in [2.75, 3.05) is 20.3 Å². The molecule has 9 atom stereocenters. The fraction of sp³-hybridized carbons (Fsp3) is 0.474. The number of ether oxygens (including phenoxy) is 7. The largest absolute Gasteiger partial charge is 0.475 e. The maximum atomic E-state index is 14.0. The molecule has 20 heteroatoms. The lowest BCUT2D eigenvalue weighted by atomic mass is 10.1. The molecule has 19 nitrogen and oxygen atoms in total. The van der Waals surface area contributed by atoms with Gasteiger partial charge in [-0.05, 0) is 25.0 Å². The SMILES string of the molecule is CO[C@@H]1[C@@H]2O[P@](=O)(OC[C@H]3O[C@@H](n4ccc(=O)n(COCc5ccccc5)c4=O)[C@@H]4OC(C)(C)O[C@@H]43)OC[C@H]2O[C@H]1n1ccc(=O)n(COCc2ccccc2)c1=O. The highest BCUT2D eigenvalue weighted by atomic mass is 31.2. The minimum atomic E-state index is -4.33. The molecule has 0 aliphatic carbocycles. The van der Waals surface area contributed by atoms with Gasteiger partial charge in [0.2, 0.25) is 0 Å². The van der Waals surface area contributed by atoms with Crippen molar-refractivity contribution in [1.82, 2.24) is 18.3 Å². The molecule has 4 aromatic rings. The summed E-state index contributed by atoms with van der Waals surface area (Å²) in [6.07, 6.45) is -4.97. The summed E-state index contributed by atoms with van der Waals surface area (Å²) in [5.74, 6) is -1.09. The van der Waals surface area contributed by atoms with E-state index in [1.54, 1.807) is 13.8 Å². The van der Waals surface area contributed by atoms with Crippen LogP contribution >= 0.6 is 7.82 Å². The van der Waals surface area contributed by atoms with Crippen LogP contribution in [-0.4, -0.2) is 81.0 Å². The molecule has 4 fully saturated rings. The standard InChI is InChI=1S/C38H43N4O15P/c1-38(2)55-30-26(53-35(33(30)56-38)40-17-15-29(44)42(37(40)46)23-50-19-25-12-8-5-9-13-25)20-51-58(47)52-21-27-31(57-58)32(48-3)34(54-27)39-16-14-28(43)41(36(39)45)22-49-18-24-10-6-4-7-11-24/h4-17,26-27,30-35H,18-23H2,1-3H3/t26-,27-,30-,31-,32-,33-,34-,35-,58-/m1/s1. The predicted octanol–water partition coefficient (Wildman–Crippen LogP) is 2.25. The van der Waals surface area contributed by atoms with E-state index >= 15 is 0 Å². The lowest BCUT2D eigenvalue weighted by Crippen LogP contribution is -2.44. The molecule has 8 rings (SSSR count). The number of phosphoric acid groups is 1. The molecule has 4 saturated heterocycles. The van der Waals surface area contributed by atoms with Crippen LogP contribution in [0.3, 0.4) is 0 Å². The summed E-state index contributed by atoms with van der Waals surface area (Å²) in [5, 5.41) is 0. The third-order valence-corrected chi connectivity index (χ3v) is 11.6. The average Bonchev–Trinajstić information content (AvgIpc) is 3.84. The fourth-order valence-electron chi connectivity index (χ4n) is 7.38. The smallest absolute Gasteiger partial charge is 0.374 e. The lowest BCUT2D eigenvalue weighted by Gasteiger charge is -2.32. The Hall–Kier alpha value is -4.37. The van der Waals surface area contributed by atoms with Crippen LogP contribution in [0.1, 0.15) is 37.4 Å². The van der Waals surface area contributed by atoms with Gasteiger partial charge in [-0.1, -0.05) is 60.7 Å². The summed E-state index contributed by atoms with van der Waals surface area (Å²) >= 11 is 0. The van der Waals surface area contributed by atoms with Crippen molar-refractivity contribution in [2.24, 2.45) is 0 Å². The number of nitrogens with zero attached hydrogens (tertiary/aromatic N) is 4. The Kier molecular flexibility index (Phi) is 11.6.